The van der Waals surface area contributed by atoms with Gasteiger partial charge in [-0.2, -0.15) is 0 Å². The molecule has 0 aliphatic rings. The van der Waals surface area contributed by atoms with Gasteiger partial charge in [0.25, 0.3) is 0 Å². The van der Waals surface area contributed by atoms with Gasteiger partial charge in [0, 0.05) is 47.8 Å². The highest BCUT2D eigenvalue weighted by atomic mass is 32.1. The van der Waals surface area contributed by atoms with Crippen LogP contribution < -0.4 is 0 Å². The lowest BCUT2D eigenvalue weighted by Gasteiger charge is -2.15. The van der Waals surface area contributed by atoms with Gasteiger partial charge in [0.15, 0.2) is 11.6 Å². The Balaban J connectivity index is 1.07. The molecule has 5 heteroatoms. The van der Waals surface area contributed by atoms with Gasteiger partial charge in [-0.1, -0.05) is 158 Å². The number of hydrogen-bond acceptors (Lipinski definition) is 4. The quantitative estimate of drug-likeness (QED) is 0.161. The normalized spacial score (nSPS) is 11.5. The number of thiophene rings is 1. The van der Waals surface area contributed by atoms with Gasteiger partial charge < -0.3 is 4.57 Å². The van der Waals surface area contributed by atoms with E-state index in [4.69, 9.17) is 9.97 Å². The van der Waals surface area contributed by atoms with E-state index < -0.39 is 0 Å². The minimum absolute atomic E-state index is 0.628. The van der Waals surface area contributed by atoms with E-state index in [1.54, 1.807) is 6.33 Å². The Morgan fingerprint density at radius 3 is 1.63 bits per heavy atom. The largest absolute Gasteiger partial charge is 0.309 e. The molecule has 0 fully saturated rings. The van der Waals surface area contributed by atoms with Gasteiger partial charge in [-0.25, -0.2) is 15.0 Å². The molecule has 0 atom stereocenters. The molecule has 0 amide bonds. The summed E-state index contributed by atoms with van der Waals surface area (Å²) in [6.07, 6.45) is 1.64. The van der Waals surface area contributed by atoms with Crippen molar-refractivity contribution in [2.75, 3.05) is 0 Å². The van der Waals surface area contributed by atoms with Gasteiger partial charge in [-0.05, 0) is 99.1 Å². The van der Waals surface area contributed by atoms with Crippen LogP contribution in [0, 0.1) is 0 Å². The van der Waals surface area contributed by atoms with Crippen LogP contribution in [0.5, 0.6) is 0 Å². The Bertz CT molecular complexity index is 3610. The number of nitrogens with zero attached hydrogens (tertiary/aromatic N) is 4. The van der Waals surface area contributed by atoms with Crippen LogP contribution >= 0.6 is 11.3 Å². The van der Waals surface area contributed by atoms with E-state index in [2.05, 4.69) is 192 Å². The average molecular weight is 809 g/mol. The van der Waals surface area contributed by atoms with E-state index in [0.29, 0.717) is 11.6 Å². The van der Waals surface area contributed by atoms with Crippen LogP contribution in [-0.4, -0.2) is 19.5 Å². The third kappa shape index (κ3) is 6.09. The summed E-state index contributed by atoms with van der Waals surface area (Å²) < 4.78 is 4.92. The first-order chi connectivity index (χ1) is 30.7. The molecular weight excluding hydrogens is 773 g/mol. The fourth-order valence-electron chi connectivity index (χ4n) is 9.11. The molecule has 0 spiro atoms. The van der Waals surface area contributed by atoms with Crippen molar-refractivity contribution in [3.05, 3.63) is 219 Å². The van der Waals surface area contributed by atoms with E-state index in [-0.39, 0.29) is 0 Å². The number of hydrogen-bond donors (Lipinski definition) is 0. The topological polar surface area (TPSA) is 43.6 Å². The zero-order valence-electron chi connectivity index (χ0n) is 33.5. The Kier molecular flexibility index (Phi) is 8.65. The summed E-state index contributed by atoms with van der Waals surface area (Å²) in [4.78, 5) is 14.6. The number of para-hydroxylation sites is 2. The minimum Gasteiger partial charge on any atom is -0.309 e. The lowest BCUT2D eigenvalue weighted by Crippen LogP contribution is -1.97. The van der Waals surface area contributed by atoms with Crippen molar-refractivity contribution >= 4 is 53.3 Å². The molecule has 9 aromatic carbocycles. The zero-order chi connectivity index (χ0) is 41.0. The number of benzene rings is 9. The second kappa shape index (κ2) is 14.9. The number of aromatic nitrogens is 4. The standard InChI is InChI=1S/C57H36N4S/c1-5-15-37(16-6-1)44-28-25-40(33-47(44)38-17-7-2-8-18-38)41-26-29-45(48(34-41)57-59-36-58-56(60-57)39-19-9-3-10-20-39)42-27-31-52-49(35-42)55-53(62-52)32-30-51-54(55)46-23-13-14-24-50(46)61(51)43-21-11-4-12-22-43/h1-36H. The van der Waals surface area contributed by atoms with Crippen molar-refractivity contribution in [1.82, 2.24) is 19.5 Å². The van der Waals surface area contributed by atoms with E-state index in [9.17, 15) is 0 Å². The molecule has 290 valence electrons. The first-order valence-corrected chi connectivity index (χ1v) is 21.7. The molecule has 4 nitrogen and oxygen atoms in total. The van der Waals surface area contributed by atoms with Gasteiger partial charge in [-0.15, -0.1) is 11.3 Å². The molecule has 62 heavy (non-hydrogen) atoms. The van der Waals surface area contributed by atoms with Crippen LogP contribution in [0.2, 0.25) is 0 Å². The van der Waals surface area contributed by atoms with E-state index in [1.807, 2.05) is 41.7 Å². The smallest absolute Gasteiger partial charge is 0.164 e. The maximum Gasteiger partial charge on any atom is 0.164 e. The predicted molar refractivity (Wildman–Crippen MR) is 260 cm³/mol. The zero-order valence-corrected chi connectivity index (χ0v) is 34.3. The van der Waals surface area contributed by atoms with Gasteiger partial charge in [-0.3, -0.25) is 0 Å². The molecule has 0 aliphatic heterocycles. The van der Waals surface area contributed by atoms with Crippen LogP contribution in [0.15, 0.2) is 219 Å². The summed E-state index contributed by atoms with van der Waals surface area (Å²) >= 11 is 1.85. The molecule has 0 unspecified atom stereocenters. The van der Waals surface area contributed by atoms with Crippen molar-refractivity contribution in [3.63, 3.8) is 0 Å². The molecule has 0 aliphatic carbocycles. The molecule has 0 saturated heterocycles. The highest BCUT2D eigenvalue weighted by Crippen LogP contribution is 2.46. The minimum atomic E-state index is 0.628. The van der Waals surface area contributed by atoms with E-state index >= 15 is 0 Å². The second-order valence-corrected chi connectivity index (χ2v) is 16.7. The summed E-state index contributed by atoms with van der Waals surface area (Å²) in [5.41, 5.74) is 14.5. The van der Waals surface area contributed by atoms with Crippen LogP contribution in [0.3, 0.4) is 0 Å². The summed E-state index contributed by atoms with van der Waals surface area (Å²) in [5, 5.41) is 5.05. The third-order valence-electron chi connectivity index (χ3n) is 12.0. The maximum absolute atomic E-state index is 5.14. The van der Waals surface area contributed by atoms with E-state index in [1.165, 1.54) is 64.2 Å². The second-order valence-electron chi connectivity index (χ2n) is 15.6. The monoisotopic (exact) mass is 808 g/mol. The first kappa shape index (κ1) is 35.9. The SMILES string of the molecule is c1ccc(-c2ncnc(-c3cc(-c4ccc(-c5ccccc5)c(-c5ccccc5)c4)ccc3-c3ccc4sc5ccc6c(c7ccccc7n6-c6ccccc6)c5c4c3)n2)cc1. The van der Waals surface area contributed by atoms with Crippen LogP contribution in [0.1, 0.15) is 0 Å². The molecule has 0 bridgehead atoms. The molecule has 3 aromatic heterocycles. The van der Waals surface area contributed by atoms with Crippen molar-refractivity contribution < 1.29 is 0 Å². The van der Waals surface area contributed by atoms with Crippen molar-refractivity contribution in [2.24, 2.45) is 0 Å². The Morgan fingerprint density at radius 1 is 0.339 bits per heavy atom. The maximum atomic E-state index is 5.14. The Morgan fingerprint density at radius 2 is 0.903 bits per heavy atom. The van der Waals surface area contributed by atoms with Crippen LogP contribution in [0.25, 0.3) is 115 Å². The summed E-state index contributed by atoms with van der Waals surface area (Å²) in [7, 11) is 0. The summed E-state index contributed by atoms with van der Waals surface area (Å²) in [6, 6.07) is 75.9. The highest BCUT2D eigenvalue weighted by Gasteiger charge is 2.20. The van der Waals surface area contributed by atoms with E-state index in [0.717, 1.165) is 39.1 Å². The molecule has 12 rings (SSSR count). The Hall–Kier alpha value is -7.99. The lowest BCUT2D eigenvalue weighted by atomic mass is 9.89. The fraction of sp³-hybridized carbons (Fsp3) is 0. The number of fused-ring (bicyclic) bond motifs is 7. The average Bonchev–Trinajstić information content (AvgIpc) is 3.90. The van der Waals surface area contributed by atoms with Gasteiger partial charge in [0.2, 0.25) is 0 Å². The Labute approximate surface area is 362 Å². The lowest BCUT2D eigenvalue weighted by molar-refractivity contribution is 1.07. The molecule has 3 heterocycles. The van der Waals surface area contributed by atoms with Crippen molar-refractivity contribution in [3.8, 4) is 73.0 Å². The van der Waals surface area contributed by atoms with Crippen molar-refractivity contribution in [2.45, 2.75) is 0 Å². The fourth-order valence-corrected chi connectivity index (χ4v) is 10.2. The molecule has 0 saturated carbocycles. The molecule has 0 N–H and O–H groups in total. The van der Waals surface area contributed by atoms with Gasteiger partial charge >= 0.3 is 0 Å². The van der Waals surface area contributed by atoms with Crippen LogP contribution in [0.4, 0.5) is 0 Å². The number of rotatable bonds is 7. The first-order valence-electron chi connectivity index (χ1n) is 20.8. The summed E-state index contributed by atoms with van der Waals surface area (Å²) in [5.74, 6) is 1.27. The molecule has 12 aromatic rings. The summed E-state index contributed by atoms with van der Waals surface area (Å²) in [6.45, 7) is 0. The third-order valence-corrected chi connectivity index (χ3v) is 13.1. The molecular formula is C57H36N4S. The predicted octanol–water partition coefficient (Wildman–Crippen LogP) is 15.3. The van der Waals surface area contributed by atoms with Gasteiger partial charge in [0.05, 0.1) is 11.0 Å². The highest BCUT2D eigenvalue weighted by molar-refractivity contribution is 7.26. The van der Waals surface area contributed by atoms with Gasteiger partial charge in [0.1, 0.15) is 6.33 Å². The van der Waals surface area contributed by atoms with Crippen molar-refractivity contribution in [1.29, 1.82) is 0 Å². The molecule has 0 radical (unpaired) electrons. The van der Waals surface area contributed by atoms with Crippen LogP contribution in [-0.2, 0) is 0 Å².